The minimum absolute atomic E-state index is 0.325. The van der Waals surface area contributed by atoms with Crippen LogP contribution in [0.3, 0.4) is 0 Å². The van der Waals surface area contributed by atoms with Crippen LogP contribution in [0.1, 0.15) is 29.8 Å². The third-order valence-corrected chi connectivity index (χ3v) is 3.65. The first-order valence-electron chi connectivity index (χ1n) is 8.66. The third kappa shape index (κ3) is 5.81. The highest BCUT2D eigenvalue weighted by Gasteiger charge is 2.07. The van der Waals surface area contributed by atoms with Crippen molar-refractivity contribution in [1.82, 2.24) is 5.32 Å². The fourth-order valence-electron chi connectivity index (χ4n) is 2.34. The van der Waals surface area contributed by atoms with Gasteiger partial charge in [0.05, 0.1) is 18.7 Å². The highest BCUT2D eigenvalue weighted by molar-refractivity contribution is 5.92. The number of hydrogen-bond acceptors (Lipinski definition) is 4. The molecule has 0 heterocycles. The first-order chi connectivity index (χ1) is 12.6. The van der Waals surface area contributed by atoms with E-state index < -0.39 is 0 Å². The van der Waals surface area contributed by atoms with Gasteiger partial charge in [0.2, 0.25) is 0 Å². The van der Waals surface area contributed by atoms with Gasteiger partial charge in [-0.15, -0.1) is 0 Å². The molecule has 2 aromatic rings. The van der Waals surface area contributed by atoms with Crippen LogP contribution in [0.15, 0.2) is 48.5 Å². The number of benzene rings is 2. The van der Waals surface area contributed by atoms with Gasteiger partial charge in [0.25, 0.3) is 0 Å². The lowest BCUT2D eigenvalue weighted by atomic mass is 10.1. The fraction of sp³-hybridized carbons (Fsp3) is 0.300. The summed E-state index contributed by atoms with van der Waals surface area (Å²) in [5, 5.41) is 5.43. The molecule has 26 heavy (non-hydrogen) atoms. The lowest BCUT2D eigenvalue weighted by Crippen LogP contribution is -2.32. The van der Waals surface area contributed by atoms with Crippen LogP contribution in [0.5, 0.6) is 5.75 Å². The molecule has 0 atom stereocenters. The van der Waals surface area contributed by atoms with Crippen LogP contribution >= 0.6 is 0 Å². The zero-order valence-corrected chi connectivity index (χ0v) is 15.1. The van der Waals surface area contributed by atoms with Crippen LogP contribution in [0.25, 0.3) is 0 Å². The van der Waals surface area contributed by atoms with E-state index in [1.165, 1.54) is 0 Å². The number of amides is 2. The summed E-state index contributed by atoms with van der Waals surface area (Å²) < 4.78 is 10.6. The quantitative estimate of drug-likeness (QED) is 0.559. The highest BCUT2D eigenvalue weighted by atomic mass is 16.5. The van der Waals surface area contributed by atoms with E-state index in [1.807, 2.05) is 24.3 Å². The minimum atomic E-state index is -0.381. The first-order valence-corrected chi connectivity index (χ1v) is 8.66. The molecule has 2 aromatic carbocycles. The molecule has 2 N–H and O–H groups in total. The van der Waals surface area contributed by atoms with Crippen molar-refractivity contribution in [2.75, 3.05) is 25.1 Å². The lowest BCUT2D eigenvalue weighted by Gasteiger charge is -2.11. The summed E-state index contributed by atoms with van der Waals surface area (Å²) in [6, 6.07) is 14.0. The maximum absolute atomic E-state index is 11.9. The minimum Gasteiger partial charge on any atom is -0.491 e. The van der Waals surface area contributed by atoms with Crippen LogP contribution in [0.2, 0.25) is 0 Å². The van der Waals surface area contributed by atoms with Crippen LogP contribution in [-0.2, 0) is 11.2 Å². The van der Waals surface area contributed by atoms with Gasteiger partial charge in [-0.1, -0.05) is 25.1 Å². The second-order valence-corrected chi connectivity index (χ2v) is 5.49. The maximum atomic E-state index is 11.9. The fourth-order valence-corrected chi connectivity index (χ4v) is 2.34. The van der Waals surface area contributed by atoms with Crippen molar-refractivity contribution in [1.29, 1.82) is 0 Å². The average molecular weight is 356 g/mol. The van der Waals surface area contributed by atoms with E-state index in [9.17, 15) is 9.59 Å². The molecule has 0 radical (unpaired) electrons. The topological polar surface area (TPSA) is 76.7 Å². The van der Waals surface area contributed by atoms with Crippen molar-refractivity contribution in [3.63, 3.8) is 0 Å². The number of esters is 1. The van der Waals surface area contributed by atoms with Gasteiger partial charge < -0.3 is 20.1 Å². The van der Waals surface area contributed by atoms with Crippen LogP contribution in [0.4, 0.5) is 10.5 Å². The Morgan fingerprint density at radius 1 is 1.00 bits per heavy atom. The third-order valence-electron chi connectivity index (χ3n) is 3.65. The van der Waals surface area contributed by atoms with Gasteiger partial charge in [0.1, 0.15) is 12.4 Å². The van der Waals surface area contributed by atoms with Crippen molar-refractivity contribution in [3.05, 3.63) is 59.7 Å². The standard InChI is InChI=1S/C20H24N2O4/c1-3-15-7-5-6-8-18(15)26-14-13-21-20(24)22-17-11-9-16(10-12-17)19(23)25-4-2/h5-12H,3-4,13-14H2,1-2H3,(H2,21,22,24). The van der Waals surface area contributed by atoms with Gasteiger partial charge in [-0.25, -0.2) is 9.59 Å². The van der Waals surface area contributed by atoms with Crippen LogP contribution in [0, 0.1) is 0 Å². The molecule has 6 nitrogen and oxygen atoms in total. The second kappa shape index (κ2) is 10.1. The number of rotatable bonds is 8. The largest absolute Gasteiger partial charge is 0.491 e. The second-order valence-electron chi connectivity index (χ2n) is 5.49. The Morgan fingerprint density at radius 2 is 1.73 bits per heavy atom. The molecule has 0 unspecified atom stereocenters. The Labute approximate surface area is 153 Å². The normalized spacial score (nSPS) is 10.1. The summed E-state index contributed by atoms with van der Waals surface area (Å²) in [5.74, 6) is 0.458. The smallest absolute Gasteiger partial charge is 0.338 e. The predicted octanol–water partition coefficient (Wildman–Crippen LogP) is 3.63. The summed E-state index contributed by atoms with van der Waals surface area (Å²) in [4.78, 5) is 23.5. The van der Waals surface area contributed by atoms with E-state index >= 15 is 0 Å². The summed E-state index contributed by atoms with van der Waals surface area (Å²) in [7, 11) is 0. The Morgan fingerprint density at radius 3 is 2.42 bits per heavy atom. The SMILES string of the molecule is CCOC(=O)c1ccc(NC(=O)NCCOc2ccccc2CC)cc1. The van der Waals surface area contributed by atoms with Crippen molar-refractivity contribution < 1.29 is 19.1 Å². The molecule has 0 saturated heterocycles. The predicted molar refractivity (Wildman–Crippen MR) is 101 cm³/mol. The number of carbonyl (C=O) groups excluding carboxylic acids is 2. The van der Waals surface area contributed by atoms with Gasteiger partial charge in [0.15, 0.2) is 0 Å². The van der Waals surface area contributed by atoms with E-state index in [0.717, 1.165) is 17.7 Å². The highest BCUT2D eigenvalue weighted by Crippen LogP contribution is 2.17. The molecular weight excluding hydrogens is 332 g/mol. The maximum Gasteiger partial charge on any atom is 0.338 e. The Balaban J connectivity index is 1.74. The molecule has 0 spiro atoms. The molecule has 0 saturated carbocycles. The van der Waals surface area contributed by atoms with Gasteiger partial charge in [-0.05, 0) is 49.2 Å². The zero-order valence-electron chi connectivity index (χ0n) is 15.1. The van der Waals surface area contributed by atoms with E-state index in [2.05, 4.69) is 17.6 Å². The summed E-state index contributed by atoms with van der Waals surface area (Å²) in [5.41, 5.74) is 2.17. The molecule has 2 amide bonds. The van der Waals surface area contributed by atoms with E-state index in [1.54, 1.807) is 31.2 Å². The van der Waals surface area contributed by atoms with Crippen LogP contribution in [-0.4, -0.2) is 31.8 Å². The number of hydrogen-bond donors (Lipinski definition) is 2. The number of urea groups is 1. The van der Waals surface area contributed by atoms with Gasteiger partial charge >= 0.3 is 12.0 Å². The Bertz CT molecular complexity index is 729. The molecule has 2 rings (SSSR count). The number of carbonyl (C=O) groups is 2. The molecule has 138 valence electrons. The molecule has 0 aliphatic carbocycles. The molecule has 0 fully saturated rings. The van der Waals surface area contributed by atoms with E-state index in [4.69, 9.17) is 9.47 Å². The molecule has 0 bridgehead atoms. The lowest BCUT2D eigenvalue weighted by molar-refractivity contribution is 0.0526. The van der Waals surface area contributed by atoms with Gasteiger partial charge in [-0.2, -0.15) is 0 Å². The van der Waals surface area contributed by atoms with Crippen molar-refractivity contribution >= 4 is 17.7 Å². The molecule has 0 aromatic heterocycles. The van der Waals surface area contributed by atoms with Crippen molar-refractivity contribution in [2.24, 2.45) is 0 Å². The van der Waals surface area contributed by atoms with Crippen LogP contribution < -0.4 is 15.4 Å². The number of nitrogens with one attached hydrogen (secondary N) is 2. The van der Waals surface area contributed by atoms with E-state index in [-0.39, 0.29) is 12.0 Å². The summed E-state index contributed by atoms with van der Waals surface area (Å²) in [6.07, 6.45) is 0.895. The van der Waals surface area contributed by atoms with E-state index in [0.29, 0.717) is 31.0 Å². The number of ether oxygens (including phenoxy) is 2. The summed E-state index contributed by atoms with van der Waals surface area (Å²) >= 11 is 0. The molecule has 0 aliphatic rings. The van der Waals surface area contributed by atoms with Gasteiger partial charge in [-0.3, -0.25) is 0 Å². The molecular formula is C20H24N2O4. The zero-order chi connectivity index (χ0) is 18.8. The first kappa shape index (κ1) is 19.3. The Hall–Kier alpha value is -3.02. The summed E-state index contributed by atoms with van der Waals surface area (Å²) in [6.45, 7) is 4.91. The monoisotopic (exact) mass is 356 g/mol. The number of aryl methyl sites for hydroxylation is 1. The van der Waals surface area contributed by atoms with Crippen molar-refractivity contribution in [2.45, 2.75) is 20.3 Å². The Kier molecular flexibility index (Phi) is 7.49. The van der Waals surface area contributed by atoms with Gasteiger partial charge in [0, 0.05) is 5.69 Å². The average Bonchev–Trinajstić information content (AvgIpc) is 2.66. The number of anilines is 1. The molecule has 0 aliphatic heterocycles. The van der Waals surface area contributed by atoms with Crippen molar-refractivity contribution in [3.8, 4) is 5.75 Å². The number of para-hydroxylation sites is 1. The molecule has 6 heteroatoms.